The molecule has 0 aliphatic carbocycles. The van der Waals surface area contributed by atoms with E-state index in [0.717, 1.165) is 24.2 Å². The highest BCUT2D eigenvalue weighted by Gasteiger charge is 2.02. The number of methoxy groups -OCH3 is 1. The van der Waals surface area contributed by atoms with Crippen molar-refractivity contribution in [2.45, 2.75) is 33.6 Å². The first-order valence-corrected chi connectivity index (χ1v) is 6.40. The topological polar surface area (TPSA) is 18.5 Å². The maximum Gasteiger partial charge on any atom is 0.188 e. The molecule has 0 unspecified atom stereocenters. The molecular weight excluding hydrogens is 224 g/mol. The van der Waals surface area contributed by atoms with Gasteiger partial charge in [-0.25, -0.2) is 0 Å². The van der Waals surface area contributed by atoms with Gasteiger partial charge in [0.25, 0.3) is 0 Å². The van der Waals surface area contributed by atoms with E-state index in [1.54, 1.807) is 7.11 Å². The highest BCUT2D eigenvalue weighted by Crippen LogP contribution is 2.20. The van der Waals surface area contributed by atoms with Gasteiger partial charge in [-0.1, -0.05) is 38.7 Å². The summed E-state index contributed by atoms with van der Waals surface area (Å²) in [6.45, 7) is 6.72. The molecule has 0 aliphatic heterocycles. The Bertz CT molecular complexity index is 424. The number of rotatable bonds is 5. The van der Waals surface area contributed by atoms with E-state index in [9.17, 15) is 0 Å². The predicted molar refractivity (Wildman–Crippen MR) is 74.7 cm³/mol. The van der Waals surface area contributed by atoms with Gasteiger partial charge in [-0.05, 0) is 30.0 Å². The molecule has 0 N–H and O–H groups in total. The van der Waals surface area contributed by atoms with E-state index in [0.29, 0.717) is 5.92 Å². The van der Waals surface area contributed by atoms with Crippen LogP contribution in [0.3, 0.4) is 0 Å². The Morgan fingerprint density at radius 1 is 1.28 bits per heavy atom. The third-order valence-electron chi connectivity index (χ3n) is 2.52. The lowest BCUT2D eigenvalue weighted by molar-refractivity contribution is 0.0509. The van der Waals surface area contributed by atoms with Crippen LogP contribution < -0.4 is 4.74 Å². The zero-order valence-electron chi connectivity index (χ0n) is 11.7. The highest BCUT2D eigenvalue weighted by atomic mass is 16.7. The molecule has 98 valence electrons. The average Bonchev–Trinajstić information content (AvgIpc) is 2.36. The molecule has 18 heavy (non-hydrogen) atoms. The molecule has 0 spiro atoms. The van der Waals surface area contributed by atoms with Gasteiger partial charge in [0, 0.05) is 13.5 Å². The van der Waals surface area contributed by atoms with Crippen LogP contribution in [0, 0.1) is 17.8 Å². The number of hydrogen-bond donors (Lipinski definition) is 0. The van der Waals surface area contributed by atoms with Crippen molar-refractivity contribution >= 4 is 0 Å². The molecular formula is C16H22O2. The summed E-state index contributed by atoms with van der Waals surface area (Å²) in [6, 6.07) is 6.13. The standard InChI is InChI=1S/C16H22O2/c1-5-14-9-10-16(18-12-17-4)15(11-14)8-6-7-13(2)3/h9-11,13H,5,7,12H2,1-4H3. The van der Waals surface area contributed by atoms with Crippen LogP contribution in [-0.2, 0) is 11.2 Å². The fraction of sp³-hybridized carbons (Fsp3) is 0.500. The molecule has 1 rings (SSSR count). The summed E-state index contributed by atoms with van der Waals surface area (Å²) in [5, 5.41) is 0. The van der Waals surface area contributed by atoms with Gasteiger partial charge in [0.2, 0.25) is 0 Å². The Morgan fingerprint density at radius 3 is 2.67 bits per heavy atom. The Kier molecular flexibility index (Phi) is 6.32. The lowest BCUT2D eigenvalue weighted by Gasteiger charge is -2.08. The van der Waals surface area contributed by atoms with Crippen LogP contribution >= 0.6 is 0 Å². The summed E-state index contributed by atoms with van der Waals surface area (Å²) in [5.74, 6) is 7.79. The van der Waals surface area contributed by atoms with Crippen molar-refractivity contribution in [3.63, 3.8) is 0 Å². The van der Waals surface area contributed by atoms with Crippen LogP contribution in [0.1, 0.15) is 38.3 Å². The van der Waals surface area contributed by atoms with Gasteiger partial charge in [-0.3, -0.25) is 0 Å². The predicted octanol–water partition coefficient (Wildman–Crippen LogP) is 3.63. The molecule has 0 fully saturated rings. The van der Waals surface area contributed by atoms with Crippen LogP contribution in [0.5, 0.6) is 5.75 Å². The van der Waals surface area contributed by atoms with E-state index in [1.165, 1.54) is 5.56 Å². The van der Waals surface area contributed by atoms with Gasteiger partial charge in [-0.15, -0.1) is 0 Å². The second kappa shape index (κ2) is 7.79. The molecule has 1 aromatic carbocycles. The van der Waals surface area contributed by atoms with E-state index >= 15 is 0 Å². The molecule has 0 bridgehead atoms. The first kappa shape index (κ1) is 14.6. The Morgan fingerprint density at radius 2 is 2.06 bits per heavy atom. The number of aryl methyl sites for hydroxylation is 1. The van der Waals surface area contributed by atoms with Crippen molar-refractivity contribution < 1.29 is 9.47 Å². The van der Waals surface area contributed by atoms with Crippen molar-refractivity contribution in [1.82, 2.24) is 0 Å². The zero-order valence-corrected chi connectivity index (χ0v) is 11.7. The lowest BCUT2D eigenvalue weighted by Crippen LogP contribution is -2.01. The minimum Gasteiger partial charge on any atom is -0.466 e. The maximum atomic E-state index is 5.52. The van der Waals surface area contributed by atoms with E-state index in [1.807, 2.05) is 6.07 Å². The summed E-state index contributed by atoms with van der Waals surface area (Å²) in [5.41, 5.74) is 2.22. The number of ether oxygens (including phenoxy) is 2. The van der Waals surface area contributed by atoms with Crippen molar-refractivity contribution in [1.29, 1.82) is 0 Å². The first-order valence-electron chi connectivity index (χ1n) is 6.40. The molecule has 2 heteroatoms. The monoisotopic (exact) mass is 246 g/mol. The minimum atomic E-state index is 0.254. The summed E-state index contributed by atoms with van der Waals surface area (Å²) in [4.78, 5) is 0. The van der Waals surface area contributed by atoms with Gasteiger partial charge in [0.15, 0.2) is 6.79 Å². The van der Waals surface area contributed by atoms with Crippen LogP contribution in [0.4, 0.5) is 0 Å². The van der Waals surface area contributed by atoms with Crippen LogP contribution in [0.15, 0.2) is 18.2 Å². The summed E-state index contributed by atoms with van der Waals surface area (Å²) >= 11 is 0. The van der Waals surface area contributed by atoms with Gasteiger partial charge < -0.3 is 9.47 Å². The quantitative estimate of drug-likeness (QED) is 0.583. The SMILES string of the molecule is CCc1ccc(OCOC)c(C#CCC(C)C)c1. The van der Waals surface area contributed by atoms with Gasteiger partial charge in [0.05, 0.1) is 5.56 Å². The summed E-state index contributed by atoms with van der Waals surface area (Å²) in [6.07, 6.45) is 1.91. The van der Waals surface area contributed by atoms with Crippen molar-refractivity contribution in [2.75, 3.05) is 13.9 Å². The molecule has 1 aromatic rings. The molecule has 0 atom stereocenters. The van der Waals surface area contributed by atoms with Crippen LogP contribution in [0.25, 0.3) is 0 Å². The largest absolute Gasteiger partial charge is 0.466 e. The van der Waals surface area contributed by atoms with Gasteiger partial charge in [0.1, 0.15) is 5.75 Å². The maximum absolute atomic E-state index is 5.52. The summed E-state index contributed by atoms with van der Waals surface area (Å²) in [7, 11) is 1.62. The number of benzene rings is 1. The van der Waals surface area contributed by atoms with Crippen molar-refractivity contribution in [3.8, 4) is 17.6 Å². The molecule has 0 heterocycles. The third kappa shape index (κ3) is 4.81. The molecule has 0 aliphatic rings. The molecule has 0 radical (unpaired) electrons. The first-order chi connectivity index (χ1) is 8.67. The smallest absolute Gasteiger partial charge is 0.188 e. The molecule has 2 nitrogen and oxygen atoms in total. The molecule has 0 aromatic heterocycles. The third-order valence-corrected chi connectivity index (χ3v) is 2.52. The molecule has 0 saturated heterocycles. The average molecular weight is 246 g/mol. The minimum absolute atomic E-state index is 0.254. The van der Waals surface area contributed by atoms with E-state index in [-0.39, 0.29) is 6.79 Å². The van der Waals surface area contributed by atoms with Crippen LogP contribution in [-0.4, -0.2) is 13.9 Å². The zero-order chi connectivity index (χ0) is 13.4. The van der Waals surface area contributed by atoms with Gasteiger partial charge in [-0.2, -0.15) is 0 Å². The summed E-state index contributed by atoms with van der Waals surface area (Å²) < 4.78 is 10.4. The second-order valence-electron chi connectivity index (χ2n) is 4.63. The molecule has 0 amide bonds. The van der Waals surface area contributed by atoms with Crippen molar-refractivity contribution in [3.05, 3.63) is 29.3 Å². The van der Waals surface area contributed by atoms with Gasteiger partial charge >= 0.3 is 0 Å². The van der Waals surface area contributed by atoms with E-state index < -0.39 is 0 Å². The van der Waals surface area contributed by atoms with Crippen LogP contribution in [0.2, 0.25) is 0 Å². The molecule has 0 saturated carbocycles. The Balaban J connectivity index is 2.91. The fourth-order valence-corrected chi connectivity index (χ4v) is 1.49. The van der Waals surface area contributed by atoms with Crippen molar-refractivity contribution in [2.24, 2.45) is 5.92 Å². The Hall–Kier alpha value is -1.46. The van der Waals surface area contributed by atoms with E-state index in [4.69, 9.17) is 9.47 Å². The number of hydrogen-bond acceptors (Lipinski definition) is 2. The second-order valence-corrected chi connectivity index (χ2v) is 4.63. The van der Waals surface area contributed by atoms with E-state index in [2.05, 4.69) is 44.7 Å². The fourth-order valence-electron chi connectivity index (χ4n) is 1.49. The Labute approximate surface area is 110 Å². The highest BCUT2D eigenvalue weighted by molar-refractivity contribution is 5.48. The normalized spacial score (nSPS) is 10.1. The lowest BCUT2D eigenvalue weighted by atomic mass is 10.1.